The molecule has 4 aromatic rings. The number of nitrogens with one attached hydrogen (secondary N) is 1. The van der Waals surface area contributed by atoms with Crippen molar-refractivity contribution in [2.75, 3.05) is 0 Å². The lowest BCUT2D eigenvalue weighted by molar-refractivity contribution is -0.0796. The van der Waals surface area contributed by atoms with Crippen LogP contribution >= 0.6 is 47.0 Å². The predicted molar refractivity (Wildman–Crippen MR) is 170 cm³/mol. The number of hydrogen-bond acceptors (Lipinski definition) is 6. The lowest BCUT2D eigenvalue weighted by atomic mass is 9.73. The van der Waals surface area contributed by atoms with E-state index < -0.39 is 16.1 Å². The van der Waals surface area contributed by atoms with E-state index in [9.17, 15) is 10.2 Å². The summed E-state index contributed by atoms with van der Waals surface area (Å²) in [5.74, 6) is 0. The maximum absolute atomic E-state index is 11.2. The van der Waals surface area contributed by atoms with Gasteiger partial charge in [0.05, 0.1) is 23.6 Å². The highest BCUT2D eigenvalue weighted by Crippen LogP contribution is 2.53. The number of aliphatic hydroxyl groups is 2. The Hall–Kier alpha value is -2.27. The molecule has 0 spiro atoms. The molecule has 0 aliphatic heterocycles. The third-order valence-corrected chi connectivity index (χ3v) is 9.71. The molecular formula is C30H37Cl3N6O2S. The number of H-pyrrole nitrogens is 1. The smallest absolute Gasteiger partial charge is 0.215 e. The largest absolute Gasteiger partial charge is 0.387 e. The number of alkyl halides is 1. The van der Waals surface area contributed by atoms with Gasteiger partial charge in [0.25, 0.3) is 0 Å². The van der Waals surface area contributed by atoms with Crippen LogP contribution in [0.3, 0.4) is 0 Å². The topological polar surface area (TPSA) is 105 Å². The Bertz CT molecular complexity index is 1500. The zero-order valence-corrected chi connectivity index (χ0v) is 27.1. The first-order valence-electron chi connectivity index (χ1n) is 13.8. The minimum absolute atomic E-state index is 0.259. The van der Waals surface area contributed by atoms with Crippen molar-refractivity contribution >= 4 is 47.0 Å². The third kappa shape index (κ3) is 8.01. The molecule has 0 saturated heterocycles. The molecule has 2 unspecified atom stereocenters. The van der Waals surface area contributed by atoms with E-state index in [1.54, 1.807) is 15.7 Å². The Morgan fingerprint density at radius 3 is 2.26 bits per heavy atom. The van der Waals surface area contributed by atoms with Gasteiger partial charge in [-0.15, -0.1) is 11.6 Å². The fourth-order valence-electron chi connectivity index (χ4n) is 4.82. The van der Waals surface area contributed by atoms with E-state index in [2.05, 4.69) is 20.2 Å². The fraction of sp³-hybridized carbons (Fsp3) is 0.467. The van der Waals surface area contributed by atoms with Crippen LogP contribution in [0.1, 0.15) is 51.2 Å². The van der Waals surface area contributed by atoms with Crippen LogP contribution in [0.5, 0.6) is 0 Å². The molecule has 2 aromatic carbocycles. The minimum Gasteiger partial charge on any atom is -0.387 e. The number of benzene rings is 2. The van der Waals surface area contributed by atoms with Crippen LogP contribution in [0.4, 0.5) is 0 Å². The normalized spacial score (nSPS) is 17.0. The summed E-state index contributed by atoms with van der Waals surface area (Å²) in [5, 5.41) is 30.7. The fourth-order valence-corrected chi connectivity index (χ4v) is 5.54. The summed E-state index contributed by atoms with van der Waals surface area (Å²) >= 11 is 23.8. The van der Waals surface area contributed by atoms with Crippen LogP contribution in [-0.4, -0.2) is 55.8 Å². The van der Waals surface area contributed by atoms with Crippen LogP contribution in [0.15, 0.2) is 67.5 Å². The van der Waals surface area contributed by atoms with Crippen LogP contribution in [0, 0.1) is 10.2 Å². The highest BCUT2D eigenvalue weighted by molar-refractivity contribution is 7.71. The average molecular weight is 652 g/mol. The van der Waals surface area contributed by atoms with E-state index in [0.29, 0.717) is 29.2 Å². The molecule has 2 heterocycles. The van der Waals surface area contributed by atoms with Gasteiger partial charge in [-0.1, -0.05) is 74.3 Å². The zero-order chi connectivity index (χ0) is 30.6. The zero-order valence-electron chi connectivity index (χ0n) is 24.0. The van der Waals surface area contributed by atoms with Crippen LogP contribution in [-0.2, 0) is 25.9 Å². The van der Waals surface area contributed by atoms with E-state index in [-0.39, 0.29) is 12.0 Å². The Balaban J connectivity index is 0.000000193. The Morgan fingerprint density at radius 2 is 1.71 bits per heavy atom. The van der Waals surface area contributed by atoms with E-state index in [1.807, 2.05) is 69.3 Å². The van der Waals surface area contributed by atoms with Crippen molar-refractivity contribution in [1.29, 1.82) is 0 Å². The number of hydrogen-bond donors (Lipinski definition) is 3. The summed E-state index contributed by atoms with van der Waals surface area (Å²) < 4.78 is 3.72. The Kier molecular flexibility index (Phi) is 10.2. The van der Waals surface area contributed by atoms with Gasteiger partial charge in [0, 0.05) is 16.5 Å². The highest BCUT2D eigenvalue weighted by Gasteiger charge is 2.58. The highest BCUT2D eigenvalue weighted by atomic mass is 35.5. The second kappa shape index (κ2) is 13.2. The third-order valence-electron chi connectivity index (χ3n) is 8.03. The summed E-state index contributed by atoms with van der Waals surface area (Å²) in [7, 11) is 0. The average Bonchev–Trinajstić information content (AvgIpc) is 3.28. The van der Waals surface area contributed by atoms with Crippen molar-refractivity contribution in [2.24, 2.45) is 5.41 Å². The summed E-state index contributed by atoms with van der Waals surface area (Å²) in [4.78, 5) is 7.28. The van der Waals surface area contributed by atoms with Gasteiger partial charge < -0.3 is 10.2 Å². The molecular weight excluding hydrogens is 615 g/mol. The first-order valence-corrected chi connectivity index (χ1v) is 15.3. The van der Waals surface area contributed by atoms with E-state index >= 15 is 0 Å². The van der Waals surface area contributed by atoms with Crippen LogP contribution < -0.4 is 0 Å². The quantitative estimate of drug-likeness (QED) is 0.131. The van der Waals surface area contributed by atoms with Crippen LogP contribution in [0.2, 0.25) is 10.0 Å². The molecule has 12 heteroatoms. The van der Waals surface area contributed by atoms with Gasteiger partial charge in [-0.05, 0) is 72.6 Å². The summed E-state index contributed by atoms with van der Waals surface area (Å²) in [5.41, 5.74) is -0.212. The van der Waals surface area contributed by atoms with E-state index in [1.165, 1.54) is 18.2 Å². The Labute approximate surface area is 266 Å². The maximum Gasteiger partial charge on any atom is 0.215 e. The molecule has 3 N–H and O–H groups in total. The summed E-state index contributed by atoms with van der Waals surface area (Å²) in [6, 6.07) is 15.2. The van der Waals surface area contributed by atoms with Gasteiger partial charge >= 0.3 is 0 Å². The first kappa shape index (κ1) is 32.6. The summed E-state index contributed by atoms with van der Waals surface area (Å²) in [6.45, 7) is 6.84. The molecule has 2 atom stereocenters. The Morgan fingerprint density at radius 1 is 1.02 bits per heavy atom. The minimum atomic E-state index is -1.13. The number of halogens is 3. The van der Waals surface area contributed by atoms with Crippen molar-refractivity contribution in [3.8, 4) is 0 Å². The molecule has 0 radical (unpaired) electrons. The molecule has 1 fully saturated rings. The van der Waals surface area contributed by atoms with Crippen molar-refractivity contribution in [3.05, 3.63) is 93.5 Å². The van der Waals surface area contributed by atoms with Gasteiger partial charge in [-0.2, -0.15) is 5.10 Å². The van der Waals surface area contributed by atoms with Gasteiger partial charge in [-0.25, -0.2) is 9.97 Å². The van der Waals surface area contributed by atoms with Gasteiger partial charge in [-0.3, -0.25) is 14.5 Å². The first-order chi connectivity index (χ1) is 19.7. The van der Waals surface area contributed by atoms with E-state index in [4.69, 9.17) is 47.0 Å². The SMILES string of the molecule is CC(C)(C)C(O)(CCc1ccc(Cl)cc1)Cn1cncn1.OC(Cc1ccccc1Cl)(Cn1[nH]cnc1=S)C1(Cl)CC1. The number of aromatic nitrogens is 6. The molecule has 1 saturated carbocycles. The van der Waals surface area contributed by atoms with Crippen LogP contribution in [0.25, 0.3) is 0 Å². The van der Waals surface area contributed by atoms with Crippen molar-refractivity contribution in [2.45, 2.75) is 82.0 Å². The van der Waals surface area contributed by atoms with Gasteiger partial charge in [0.2, 0.25) is 4.77 Å². The molecule has 42 heavy (non-hydrogen) atoms. The lowest BCUT2D eigenvalue weighted by Gasteiger charge is -2.40. The summed E-state index contributed by atoms with van der Waals surface area (Å²) in [6.07, 6.45) is 8.00. The van der Waals surface area contributed by atoms with Gasteiger partial charge in [0.15, 0.2) is 0 Å². The lowest BCUT2D eigenvalue weighted by Crippen LogP contribution is -2.47. The molecule has 1 aliphatic carbocycles. The predicted octanol–water partition coefficient (Wildman–Crippen LogP) is 6.68. The molecule has 0 amide bonds. The number of nitrogens with zero attached hydrogens (tertiary/aromatic N) is 5. The van der Waals surface area contributed by atoms with E-state index in [0.717, 1.165) is 29.8 Å². The number of aryl methyl sites for hydroxylation is 1. The molecule has 226 valence electrons. The molecule has 2 aromatic heterocycles. The standard InChI is InChI=1S/C16H22ClN3O.C14H15Cl2N3OS/c1-15(2,3)16(21,10-20-12-18-11-19-20)9-8-13-4-6-14(17)7-5-13;15-11-4-2-1-3-10(11)7-14(20,13(16)5-6-13)8-19-12(21)17-9-18-19/h4-7,11-12,21H,8-10H2,1-3H3;1-4,9,20H,5-8H2,(H,17,18,21). The van der Waals surface area contributed by atoms with Crippen molar-refractivity contribution in [1.82, 2.24) is 29.5 Å². The molecule has 5 rings (SSSR count). The second-order valence-electron chi connectivity index (χ2n) is 12.0. The van der Waals surface area contributed by atoms with Crippen molar-refractivity contribution in [3.63, 3.8) is 0 Å². The monoisotopic (exact) mass is 650 g/mol. The second-order valence-corrected chi connectivity index (χ2v) is 14.0. The number of aromatic amines is 1. The molecule has 8 nitrogen and oxygen atoms in total. The molecule has 0 bridgehead atoms. The number of rotatable bonds is 10. The van der Waals surface area contributed by atoms with Crippen molar-refractivity contribution < 1.29 is 10.2 Å². The maximum atomic E-state index is 11.2. The molecule has 1 aliphatic rings. The van der Waals surface area contributed by atoms with Gasteiger partial charge in [0.1, 0.15) is 24.6 Å².